The van der Waals surface area contributed by atoms with Crippen LogP contribution >= 0.6 is 11.3 Å². The molecule has 0 N–H and O–H groups in total. The Balaban J connectivity index is 2.16. The number of nitrogens with zero attached hydrogens (tertiary/aromatic N) is 5. The Hall–Kier alpha value is -2.54. The number of anilines is 1. The highest BCUT2D eigenvalue weighted by Gasteiger charge is 2.20. The van der Waals surface area contributed by atoms with Crippen molar-refractivity contribution in [2.75, 3.05) is 32.6 Å². The van der Waals surface area contributed by atoms with Gasteiger partial charge in [-0.1, -0.05) is 0 Å². The van der Waals surface area contributed by atoms with Crippen LogP contribution in [-0.2, 0) is 4.79 Å². The number of carbonyl (C=O) groups excluding carboxylic acids is 1. The number of fused-ring (bicyclic) bond motifs is 1. The molecule has 3 aromatic heterocycles. The molecule has 0 saturated carbocycles. The average molecular weight is 355 g/mol. The van der Waals surface area contributed by atoms with Gasteiger partial charge in [-0.05, 0) is 31.5 Å². The van der Waals surface area contributed by atoms with Gasteiger partial charge in [0.1, 0.15) is 10.6 Å². The maximum Gasteiger partial charge on any atom is 0.241 e. The van der Waals surface area contributed by atoms with E-state index in [2.05, 4.69) is 18.8 Å². The van der Waals surface area contributed by atoms with Gasteiger partial charge in [0.15, 0.2) is 5.82 Å². The summed E-state index contributed by atoms with van der Waals surface area (Å²) in [5, 5.41) is 1.02. The van der Waals surface area contributed by atoms with Crippen LogP contribution in [0.15, 0.2) is 24.5 Å². The van der Waals surface area contributed by atoms with Crippen molar-refractivity contribution in [1.82, 2.24) is 19.9 Å². The van der Waals surface area contributed by atoms with E-state index >= 15 is 0 Å². The van der Waals surface area contributed by atoms with Gasteiger partial charge in [0.25, 0.3) is 0 Å². The third kappa shape index (κ3) is 3.32. The second kappa shape index (κ2) is 6.76. The zero-order valence-corrected chi connectivity index (χ0v) is 15.9. The lowest BCUT2D eigenvalue weighted by Crippen LogP contribution is -2.34. The molecule has 7 heteroatoms. The summed E-state index contributed by atoms with van der Waals surface area (Å²) in [5.41, 5.74) is 2.03. The third-order valence-electron chi connectivity index (χ3n) is 4.16. The van der Waals surface area contributed by atoms with E-state index in [9.17, 15) is 4.79 Å². The summed E-state index contributed by atoms with van der Waals surface area (Å²) >= 11 is 1.65. The van der Waals surface area contributed by atoms with E-state index in [1.807, 2.05) is 24.1 Å². The minimum absolute atomic E-state index is 0.0294. The summed E-state index contributed by atoms with van der Waals surface area (Å²) in [6.45, 7) is 4.42. The minimum atomic E-state index is 0.0294. The highest BCUT2D eigenvalue weighted by molar-refractivity contribution is 7.18. The Morgan fingerprint density at radius 1 is 1.20 bits per heavy atom. The van der Waals surface area contributed by atoms with E-state index in [-0.39, 0.29) is 12.5 Å². The second-order valence-corrected chi connectivity index (χ2v) is 7.42. The number of amides is 1. The molecule has 6 nitrogen and oxygen atoms in total. The summed E-state index contributed by atoms with van der Waals surface area (Å²) in [6, 6.07) is 3.81. The van der Waals surface area contributed by atoms with Crippen LogP contribution in [0, 0.1) is 13.8 Å². The van der Waals surface area contributed by atoms with Crippen molar-refractivity contribution >= 4 is 33.3 Å². The lowest BCUT2D eigenvalue weighted by atomic mass is 10.2. The number of aromatic nitrogens is 3. The van der Waals surface area contributed by atoms with Crippen molar-refractivity contribution in [3.8, 4) is 11.4 Å². The number of rotatable bonds is 4. The number of thiophene rings is 1. The molecule has 25 heavy (non-hydrogen) atoms. The standard InChI is InChI=1S/C18H21N5OS/c1-11-12(2)25-18-15(11)17(23(5)10-14(24)22(3)4)20-16(21-18)13-7-6-8-19-9-13/h6-9H,10H2,1-5H3. The first-order chi connectivity index (χ1) is 11.9. The highest BCUT2D eigenvalue weighted by atomic mass is 32.1. The molecule has 0 saturated heterocycles. The van der Waals surface area contributed by atoms with Gasteiger partial charge >= 0.3 is 0 Å². The summed E-state index contributed by atoms with van der Waals surface area (Å²) < 4.78 is 0. The van der Waals surface area contributed by atoms with Crippen molar-refractivity contribution in [2.45, 2.75) is 13.8 Å². The van der Waals surface area contributed by atoms with E-state index in [4.69, 9.17) is 9.97 Å². The van der Waals surface area contributed by atoms with E-state index in [1.54, 1.807) is 42.7 Å². The predicted molar refractivity (Wildman–Crippen MR) is 102 cm³/mol. The molecule has 0 radical (unpaired) electrons. The number of pyridine rings is 1. The van der Waals surface area contributed by atoms with Crippen molar-refractivity contribution in [2.24, 2.45) is 0 Å². The number of likely N-dealkylation sites (N-methyl/N-ethyl adjacent to an activating group) is 2. The van der Waals surface area contributed by atoms with Crippen LogP contribution in [0.3, 0.4) is 0 Å². The fourth-order valence-corrected chi connectivity index (χ4v) is 3.57. The van der Waals surface area contributed by atoms with Gasteiger partial charge in [0.2, 0.25) is 5.91 Å². The van der Waals surface area contributed by atoms with Crippen LogP contribution in [0.2, 0.25) is 0 Å². The first kappa shape index (κ1) is 17.3. The predicted octanol–water partition coefficient (Wildman–Crippen LogP) is 2.89. The van der Waals surface area contributed by atoms with Crippen LogP contribution in [0.1, 0.15) is 10.4 Å². The minimum Gasteiger partial charge on any atom is -0.350 e. The van der Waals surface area contributed by atoms with Gasteiger partial charge in [0.05, 0.1) is 11.9 Å². The summed E-state index contributed by atoms with van der Waals surface area (Å²) in [6.07, 6.45) is 3.48. The second-order valence-electron chi connectivity index (χ2n) is 6.22. The molecule has 0 aliphatic carbocycles. The molecule has 0 aliphatic rings. The van der Waals surface area contributed by atoms with Gasteiger partial charge < -0.3 is 9.80 Å². The van der Waals surface area contributed by atoms with Crippen LogP contribution in [0.5, 0.6) is 0 Å². The average Bonchev–Trinajstić information content (AvgIpc) is 2.89. The van der Waals surface area contributed by atoms with Crippen LogP contribution in [0.4, 0.5) is 5.82 Å². The molecule has 1 amide bonds. The fourth-order valence-electron chi connectivity index (χ4n) is 2.55. The molecule has 3 rings (SSSR count). The Labute approximate surface area is 151 Å². The summed E-state index contributed by atoms with van der Waals surface area (Å²) in [5.74, 6) is 1.43. The zero-order chi connectivity index (χ0) is 18.1. The lowest BCUT2D eigenvalue weighted by molar-refractivity contribution is -0.127. The zero-order valence-electron chi connectivity index (χ0n) is 15.1. The largest absolute Gasteiger partial charge is 0.350 e. The molecular weight excluding hydrogens is 334 g/mol. The van der Waals surface area contributed by atoms with Crippen LogP contribution in [-0.4, -0.2) is 53.4 Å². The Morgan fingerprint density at radius 3 is 2.60 bits per heavy atom. The van der Waals surface area contributed by atoms with Crippen molar-refractivity contribution in [1.29, 1.82) is 0 Å². The van der Waals surface area contributed by atoms with Gasteiger partial charge in [-0.2, -0.15) is 0 Å². The Morgan fingerprint density at radius 2 is 1.96 bits per heavy atom. The first-order valence-electron chi connectivity index (χ1n) is 7.98. The Kier molecular flexibility index (Phi) is 4.67. The topological polar surface area (TPSA) is 62.2 Å². The van der Waals surface area contributed by atoms with Gasteiger partial charge in [-0.25, -0.2) is 9.97 Å². The Bertz CT molecular complexity index is 920. The van der Waals surface area contributed by atoms with Crippen molar-refractivity contribution in [3.63, 3.8) is 0 Å². The molecule has 0 atom stereocenters. The maximum atomic E-state index is 12.1. The number of aryl methyl sites for hydroxylation is 2. The molecule has 0 aliphatic heterocycles. The molecule has 0 aromatic carbocycles. The van der Waals surface area contributed by atoms with E-state index < -0.39 is 0 Å². The van der Waals surface area contributed by atoms with Crippen molar-refractivity contribution in [3.05, 3.63) is 35.0 Å². The highest BCUT2D eigenvalue weighted by Crippen LogP contribution is 2.36. The molecule has 3 aromatic rings. The lowest BCUT2D eigenvalue weighted by Gasteiger charge is -2.21. The van der Waals surface area contributed by atoms with E-state index in [0.29, 0.717) is 5.82 Å². The molecule has 0 bridgehead atoms. The molecule has 0 spiro atoms. The van der Waals surface area contributed by atoms with E-state index in [1.165, 1.54) is 4.88 Å². The van der Waals surface area contributed by atoms with Crippen molar-refractivity contribution < 1.29 is 4.79 Å². The molecule has 130 valence electrons. The monoisotopic (exact) mass is 355 g/mol. The van der Waals surface area contributed by atoms with Gasteiger partial charge in [0, 0.05) is 44.0 Å². The molecule has 3 heterocycles. The number of carbonyl (C=O) groups is 1. The summed E-state index contributed by atoms with van der Waals surface area (Å²) in [7, 11) is 5.40. The van der Waals surface area contributed by atoms with Crippen LogP contribution in [0.25, 0.3) is 21.6 Å². The fraction of sp³-hybridized carbons (Fsp3) is 0.333. The smallest absolute Gasteiger partial charge is 0.241 e. The van der Waals surface area contributed by atoms with Crippen LogP contribution < -0.4 is 4.90 Å². The number of hydrogen-bond acceptors (Lipinski definition) is 6. The maximum absolute atomic E-state index is 12.1. The molecule has 0 fully saturated rings. The first-order valence-corrected chi connectivity index (χ1v) is 8.79. The molecular formula is C18H21N5OS. The van der Waals surface area contributed by atoms with Gasteiger partial charge in [-0.3, -0.25) is 9.78 Å². The van der Waals surface area contributed by atoms with Gasteiger partial charge in [-0.15, -0.1) is 11.3 Å². The SMILES string of the molecule is Cc1sc2nc(-c3cccnc3)nc(N(C)CC(=O)N(C)C)c2c1C. The molecule has 0 unspecified atom stereocenters. The number of hydrogen-bond donors (Lipinski definition) is 0. The normalized spacial score (nSPS) is 10.9. The van der Waals surface area contributed by atoms with E-state index in [0.717, 1.165) is 27.2 Å². The third-order valence-corrected chi connectivity index (χ3v) is 5.26. The summed E-state index contributed by atoms with van der Waals surface area (Å²) in [4.78, 5) is 31.4. The quantitative estimate of drug-likeness (QED) is 0.720.